The van der Waals surface area contributed by atoms with Gasteiger partial charge in [-0.15, -0.1) is 0 Å². The van der Waals surface area contributed by atoms with Crippen molar-refractivity contribution in [1.29, 1.82) is 0 Å². The molecule has 0 heterocycles. The molecule has 0 spiro atoms. The Balaban J connectivity index is 2.30. The van der Waals surface area contributed by atoms with Gasteiger partial charge in [-0.2, -0.15) is 0 Å². The highest BCUT2D eigenvalue weighted by atomic mass is 79.9. The fraction of sp³-hybridized carbons (Fsp3) is 0.143. The Bertz CT molecular complexity index is 717. The lowest BCUT2D eigenvalue weighted by Gasteiger charge is -2.16. The summed E-state index contributed by atoms with van der Waals surface area (Å²) >= 11 is 6.70. The molecule has 0 fully saturated rings. The summed E-state index contributed by atoms with van der Waals surface area (Å²) in [6.45, 7) is 1.81. The Labute approximate surface area is 135 Å². The Hall–Kier alpha value is -0.690. The van der Waals surface area contributed by atoms with Crippen LogP contribution in [0, 0.1) is 0 Å². The molecule has 0 aliphatic rings. The van der Waals surface area contributed by atoms with Crippen LogP contribution in [0.1, 0.15) is 18.5 Å². The summed E-state index contributed by atoms with van der Waals surface area (Å²) in [4.78, 5) is 0.235. The summed E-state index contributed by atoms with van der Waals surface area (Å²) in [5.74, 6) is 0. The van der Waals surface area contributed by atoms with Crippen molar-refractivity contribution in [2.45, 2.75) is 17.9 Å². The van der Waals surface area contributed by atoms with Gasteiger partial charge in [-0.25, -0.2) is 13.1 Å². The van der Waals surface area contributed by atoms with Crippen LogP contribution in [0.2, 0.25) is 0 Å². The minimum atomic E-state index is -3.57. The molecule has 3 nitrogen and oxygen atoms in total. The van der Waals surface area contributed by atoms with Crippen molar-refractivity contribution < 1.29 is 8.42 Å². The first kappa shape index (κ1) is 15.7. The molecule has 0 saturated carbocycles. The first-order chi connectivity index (χ1) is 9.42. The SMILES string of the molecule is C[C@H](NS(=O)(=O)c1ccccc1Br)c1ccccc1Br. The van der Waals surface area contributed by atoms with E-state index in [2.05, 4.69) is 36.6 Å². The van der Waals surface area contributed by atoms with Crippen LogP contribution in [0.25, 0.3) is 0 Å². The fourth-order valence-corrected chi connectivity index (χ4v) is 4.70. The second-order valence-corrected chi connectivity index (χ2v) is 7.69. The van der Waals surface area contributed by atoms with E-state index in [4.69, 9.17) is 0 Å². The largest absolute Gasteiger partial charge is 0.242 e. The van der Waals surface area contributed by atoms with Crippen molar-refractivity contribution in [3.8, 4) is 0 Å². The minimum Gasteiger partial charge on any atom is -0.207 e. The zero-order chi connectivity index (χ0) is 14.8. The van der Waals surface area contributed by atoms with Gasteiger partial charge in [0.15, 0.2) is 0 Å². The molecule has 1 atom stereocenters. The van der Waals surface area contributed by atoms with E-state index in [1.807, 2.05) is 31.2 Å². The van der Waals surface area contributed by atoms with E-state index >= 15 is 0 Å². The van der Waals surface area contributed by atoms with E-state index in [0.717, 1.165) is 10.0 Å². The molecule has 2 rings (SSSR count). The normalized spacial score (nSPS) is 13.2. The first-order valence-corrected chi connectivity index (χ1v) is 9.00. The van der Waals surface area contributed by atoms with E-state index in [-0.39, 0.29) is 10.9 Å². The van der Waals surface area contributed by atoms with Crippen molar-refractivity contribution in [3.63, 3.8) is 0 Å². The van der Waals surface area contributed by atoms with Crippen molar-refractivity contribution in [3.05, 3.63) is 63.0 Å². The first-order valence-electron chi connectivity index (χ1n) is 5.93. The van der Waals surface area contributed by atoms with Gasteiger partial charge < -0.3 is 0 Å². The van der Waals surface area contributed by atoms with E-state index < -0.39 is 10.0 Å². The zero-order valence-electron chi connectivity index (χ0n) is 10.7. The van der Waals surface area contributed by atoms with Gasteiger partial charge >= 0.3 is 0 Å². The van der Waals surface area contributed by atoms with Crippen LogP contribution in [-0.2, 0) is 10.0 Å². The molecule has 0 aliphatic carbocycles. The van der Waals surface area contributed by atoms with Crippen molar-refractivity contribution in [2.24, 2.45) is 0 Å². The van der Waals surface area contributed by atoms with Crippen molar-refractivity contribution in [1.82, 2.24) is 4.72 Å². The van der Waals surface area contributed by atoms with Crippen LogP contribution in [-0.4, -0.2) is 8.42 Å². The van der Waals surface area contributed by atoms with Crippen LogP contribution in [0.4, 0.5) is 0 Å². The molecule has 2 aromatic carbocycles. The second-order valence-electron chi connectivity index (χ2n) is 4.29. The third-order valence-corrected chi connectivity index (χ3v) is 6.10. The van der Waals surface area contributed by atoms with Gasteiger partial charge in [0.2, 0.25) is 10.0 Å². The smallest absolute Gasteiger partial charge is 0.207 e. The summed E-state index contributed by atoms with van der Waals surface area (Å²) in [7, 11) is -3.57. The highest BCUT2D eigenvalue weighted by molar-refractivity contribution is 9.10. The molecule has 0 bridgehead atoms. The summed E-state index contributed by atoms with van der Waals surface area (Å²) in [6, 6.07) is 14.0. The van der Waals surface area contributed by atoms with Gasteiger partial charge in [-0.05, 0) is 46.6 Å². The number of hydrogen-bond donors (Lipinski definition) is 1. The maximum Gasteiger partial charge on any atom is 0.242 e. The quantitative estimate of drug-likeness (QED) is 0.806. The van der Waals surface area contributed by atoms with E-state index in [1.165, 1.54) is 0 Å². The molecule has 2 aromatic rings. The lowest BCUT2D eigenvalue weighted by Crippen LogP contribution is -2.27. The van der Waals surface area contributed by atoms with E-state index in [0.29, 0.717) is 4.47 Å². The zero-order valence-corrected chi connectivity index (χ0v) is 14.7. The van der Waals surface area contributed by atoms with Crippen LogP contribution >= 0.6 is 31.9 Å². The third kappa shape index (κ3) is 3.49. The van der Waals surface area contributed by atoms with Gasteiger partial charge in [0.05, 0.1) is 4.90 Å². The van der Waals surface area contributed by atoms with Gasteiger partial charge in [-0.1, -0.05) is 46.3 Å². The summed E-state index contributed by atoms with van der Waals surface area (Å²) in [5, 5.41) is 0. The number of halogens is 2. The number of hydrogen-bond acceptors (Lipinski definition) is 2. The molecule has 0 unspecified atom stereocenters. The summed E-state index contributed by atoms with van der Waals surface area (Å²) in [5.41, 5.74) is 0.892. The van der Waals surface area contributed by atoms with Crippen LogP contribution in [0.3, 0.4) is 0 Å². The lowest BCUT2D eigenvalue weighted by molar-refractivity contribution is 0.566. The van der Waals surface area contributed by atoms with Crippen molar-refractivity contribution in [2.75, 3.05) is 0 Å². The average Bonchev–Trinajstić information content (AvgIpc) is 2.38. The number of rotatable bonds is 4. The summed E-state index contributed by atoms with van der Waals surface area (Å²) < 4.78 is 28.9. The fourth-order valence-electron chi connectivity index (χ4n) is 1.85. The Morgan fingerprint density at radius 1 is 0.950 bits per heavy atom. The molecule has 20 heavy (non-hydrogen) atoms. The maximum absolute atomic E-state index is 12.4. The Morgan fingerprint density at radius 2 is 1.50 bits per heavy atom. The average molecular weight is 419 g/mol. The van der Waals surface area contributed by atoms with Gasteiger partial charge in [0.25, 0.3) is 0 Å². The lowest BCUT2D eigenvalue weighted by atomic mass is 10.1. The van der Waals surface area contributed by atoms with E-state index in [1.54, 1.807) is 24.3 Å². The molecular formula is C14H13Br2NO2S. The van der Waals surface area contributed by atoms with Crippen LogP contribution in [0.5, 0.6) is 0 Å². The number of sulfonamides is 1. The van der Waals surface area contributed by atoms with Crippen LogP contribution < -0.4 is 4.72 Å². The molecule has 0 aliphatic heterocycles. The molecule has 1 N–H and O–H groups in total. The number of benzene rings is 2. The topological polar surface area (TPSA) is 46.2 Å². The standard InChI is InChI=1S/C14H13Br2NO2S/c1-10(11-6-2-3-7-12(11)15)17-20(18,19)14-9-5-4-8-13(14)16/h2-10,17H,1H3/t10-/m0/s1. The van der Waals surface area contributed by atoms with Crippen molar-refractivity contribution >= 4 is 41.9 Å². The third-order valence-electron chi connectivity index (χ3n) is 2.83. The summed E-state index contributed by atoms with van der Waals surface area (Å²) in [6.07, 6.45) is 0. The molecule has 0 radical (unpaired) electrons. The van der Waals surface area contributed by atoms with Gasteiger partial charge in [0.1, 0.15) is 0 Å². The predicted octanol–water partition coefficient (Wildman–Crippen LogP) is 4.25. The maximum atomic E-state index is 12.4. The van der Waals surface area contributed by atoms with Gasteiger partial charge in [0, 0.05) is 15.0 Å². The molecule has 0 saturated heterocycles. The monoisotopic (exact) mass is 417 g/mol. The Kier molecular flexibility index (Phi) is 5.01. The molecule has 106 valence electrons. The van der Waals surface area contributed by atoms with Gasteiger partial charge in [-0.3, -0.25) is 0 Å². The Morgan fingerprint density at radius 3 is 2.10 bits per heavy atom. The molecule has 0 aromatic heterocycles. The highest BCUT2D eigenvalue weighted by Gasteiger charge is 2.21. The molecule has 6 heteroatoms. The molecular weight excluding hydrogens is 406 g/mol. The van der Waals surface area contributed by atoms with Crippen LogP contribution in [0.15, 0.2) is 62.4 Å². The highest BCUT2D eigenvalue weighted by Crippen LogP contribution is 2.26. The minimum absolute atomic E-state index is 0.235. The predicted molar refractivity (Wildman–Crippen MR) is 87.0 cm³/mol. The van der Waals surface area contributed by atoms with E-state index in [9.17, 15) is 8.42 Å². The number of nitrogens with one attached hydrogen (secondary N) is 1. The second kappa shape index (κ2) is 6.39. The molecule has 0 amide bonds.